The van der Waals surface area contributed by atoms with Crippen LogP contribution in [0.5, 0.6) is 0 Å². The highest BCUT2D eigenvalue weighted by molar-refractivity contribution is 7.94. The van der Waals surface area contributed by atoms with E-state index >= 15 is 0 Å². The molecule has 0 spiro atoms. The number of thiazole rings is 1. The average molecular weight is 309 g/mol. The van der Waals surface area contributed by atoms with Crippen molar-refractivity contribution < 1.29 is 8.42 Å². The third kappa shape index (κ3) is 3.10. The fourth-order valence-electron chi connectivity index (χ4n) is 1.12. The minimum Gasteiger partial charge on any atom is -0.279 e. The zero-order chi connectivity index (χ0) is 12.5. The van der Waals surface area contributed by atoms with Crippen molar-refractivity contribution in [3.63, 3.8) is 0 Å². The molecule has 1 heterocycles. The molecule has 1 aromatic carbocycles. The first-order chi connectivity index (χ1) is 7.97. The molecule has 0 atom stereocenters. The van der Waals surface area contributed by atoms with Gasteiger partial charge in [-0.2, -0.15) is 0 Å². The van der Waals surface area contributed by atoms with Gasteiger partial charge in [0.25, 0.3) is 10.0 Å². The Hall–Kier alpha value is -0.820. The van der Waals surface area contributed by atoms with Crippen molar-refractivity contribution >= 4 is 50.2 Å². The number of hydrogen-bond acceptors (Lipinski definition) is 4. The highest BCUT2D eigenvalue weighted by Gasteiger charge is 2.17. The molecule has 0 radical (unpaired) electrons. The van der Waals surface area contributed by atoms with E-state index in [1.165, 1.54) is 12.3 Å². The van der Waals surface area contributed by atoms with Gasteiger partial charge in [0, 0.05) is 5.02 Å². The Morgan fingerprint density at radius 3 is 2.65 bits per heavy atom. The van der Waals surface area contributed by atoms with E-state index in [1.807, 2.05) is 0 Å². The van der Waals surface area contributed by atoms with E-state index in [1.54, 1.807) is 18.2 Å². The predicted molar refractivity (Wildman–Crippen MR) is 69.4 cm³/mol. The van der Waals surface area contributed by atoms with Crippen LogP contribution in [-0.2, 0) is 10.0 Å². The van der Waals surface area contributed by atoms with Crippen molar-refractivity contribution in [1.29, 1.82) is 0 Å². The molecule has 90 valence electrons. The monoisotopic (exact) mass is 308 g/mol. The summed E-state index contributed by atoms with van der Waals surface area (Å²) in [5.41, 5.74) is 0.391. The summed E-state index contributed by atoms with van der Waals surface area (Å²) in [6.07, 6.45) is 1.21. The van der Waals surface area contributed by atoms with Crippen LogP contribution in [0.4, 0.5) is 5.69 Å². The smallest absolute Gasteiger partial charge is 0.273 e. The summed E-state index contributed by atoms with van der Waals surface area (Å²) in [6, 6.07) is 6.43. The third-order valence-corrected chi connectivity index (χ3v) is 4.99. The Kier molecular flexibility index (Phi) is 3.58. The van der Waals surface area contributed by atoms with Crippen LogP contribution in [0.2, 0.25) is 9.49 Å². The maximum absolute atomic E-state index is 11.9. The van der Waals surface area contributed by atoms with Crippen LogP contribution in [0, 0.1) is 0 Å². The zero-order valence-corrected chi connectivity index (χ0v) is 11.4. The van der Waals surface area contributed by atoms with Crippen molar-refractivity contribution in [2.24, 2.45) is 0 Å². The molecule has 0 fully saturated rings. The summed E-state index contributed by atoms with van der Waals surface area (Å²) in [4.78, 5) is 3.68. The fraction of sp³-hybridized carbons (Fsp3) is 0. The van der Waals surface area contributed by atoms with E-state index in [9.17, 15) is 8.42 Å². The molecule has 0 aliphatic heterocycles. The molecular formula is C9H6Cl2N2O2S2. The molecule has 0 saturated carbocycles. The SMILES string of the molecule is O=S(=O)(Nc1cccc(Cl)c1)c1cnc(Cl)s1. The van der Waals surface area contributed by atoms with Gasteiger partial charge < -0.3 is 0 Å². The first kappa shape index (κ1) is 12.6. The quantitative estimate of drug-likeness (QED) is 0.947. The van der Waals surface area contributed by atoms with E-state index in [4.69, 9.17) is 23.2 Å². The molecule has 2 aromatic rings. The average Bonchev–Trinajstić information content (AvgIpc) is 2.65. The lowest BCUT2D eigenvalue weighted by atomic mass is 10.3. The molecule has 0 saturated heterocycles. The summed E-state index contributed by atoms with van der Waals surface area (Å²) in [5, 5.41) is 0.451. The van der Waals surface area contributed by atoms with Crippen molar-refractivity contribution in [2.45, 2.75) is 4.21 Å². The predicted octanol–water partition coefficient (Wildman–Crippen LogP) is 3.25. The lowest BCUT2D eigenvalue weighted by Crippen LogP contribution is -2.11. The van der Waals surface area contributed by atoms with Crippen molar-refractivity contribution in [2.75, 3.05) is 4.72 Å². The highest BCUT2D eigenvalue weighted by Crippen LogP contribution is 2.25. The number of nitrogens with zero attached hydrogens (tertiary/aromatic N) is 1. The molecule has 0 amide bonds. The molecule has 17 heavy (non-hydrogen) atoms. The topological polar surface area (TPSA) is 59.1 Å². The number of rotatable bonds is 3. The Morgan fingerprint density at radius 1 is 1.29 bits per heavy atom. The first-order valence-corrected chi connectivity index (χ1v) is 7.43. The Labute approximate surface area is 112 Å². The molecule has 0 unspecified atom stereocenters. The van der Waals surface area contributed by atoms with Gasteiger partial charge in [-0.05, 0) is 18.2 Å². The van der Waals surface area contributed by atoms with Gasteiger partial charge >= 0.3 is 0 Å². The second kappa shape index (κ2) is 4.81. The number of nitrogens with one attached hydrogen (secondary N) is 1. The summed E-state index contributed by atoms with van der Waals surface area (Å²) < 4.78 is 26.4. The van der Waals surface area contributed by atoms with Gasteiger partial charge in [0.05, 0.1) is 11.9 Å². The van der Waals surface area contributed by atoms with Crippen LogP contribution in [0.15, 0.2) is 34.7 Å². The fourth-order valence-corrected chi connectivity index (χ4v) is 3.65. The summed E-state index contributed by atoms with van der Waals surface area (Å²) >= 11 is 12.2. The van der Waals surface area contributed by atoms with Crippen LogP contribution in [0.3, 0.4) is 0 Å². The molecule has 1 aromatic heterocycles. The molecular weight excluding hydrogens is 303 g/mol. The zero-order valence-electron chi connectivity index (χ0n) is 8.22. The van der Waals surface area contributed by atoms with E-state index in [-0.39, 0.29) is 8.68 Å². The van der Waals surface area contributed by atoms with Gasteiger partial charge in [-0.1, -0.05) is 40.6 Å². The van der Waals surface area contributed by atoms with Crippen molar-refractivity contribution in [1.82, 2.24) is 4.98 Å². The summed E-state index contributed by atoms with van der Waals surface area (Å²) in [5.74, 6) is 0. The molecule has 0 aliphatic carbocycles. The van der Waals surface area contributed by atoms with E-state index < -0.39 is 10.0 Å². The van der Waals surface area contributed by atoms with Gasteiger partial charge in [0.15, 0.2) is 8.68 Å². The Balaban J connectivity index is 2.29. The molecule has 1 N–H and O–H groups in total. The maximum Gasteiger partial charge on any atom is 0.273 e. The molecule has 0 aliphatic rings. The van der Waals surface area contributed by atoms with E-state index in [0.29, 0.717) is 10.7 Å². The standard InChI is InChI=1S/C9H6Cl2N2O2S2/c10-6-2-1-3-7(4-6)13-17(14,15)8-5-12-9(11)16-8/h1-5,13H. The minimum atomic E-state index is -3.65. The second-order valence-corrected chi connectivity index (χ2v) is 7.01. The van der Waals surface area contributed by atoms with Gasteiger partial charge in [0.1, 0.15) is 0 Å². The number of aromatic nitrogens is 1. The summed E-state index contributed by atoms with van der Waals surface area (Å²) in [7, 11) is -3.65. The van der Waals surface area contributed by atoms with Crippen LogP contribution < -0.4 is 4.72 Å². The second-order valence-electron chi connectivity index (χ2n) is 3.05. The maximum atomic E-state index is 11.9. The molecule has 4 nitrogen and oxygen atoms in total. The van der Waals surface area contributed by atoms with E-state index in [0.717, 1.165) is 11.3 Å². The van der Waals surface area contributed by atoms with Crippen LogP contribution in [0.25, 0.3) is 0 Å². The van der Waals surface area contributed by atoms with Gasteiger partial charge in [0.2, 0.25) is 0 Å². The largest absolute Gasteiger partial charge is 0.279 e. The molecule has 2 rings (SSSR count). The number of hydrogen-bond donors (Lipinski definition) is 1. The third-order valence-electron chi connectivity index (χ3n) is 1.80. The van der Waals surface area contributed by atoms with Crippen LogP contribution >= 0.6 is 34.5 Å². The van der Waals surface area contributed by atoms with E-state index in [2.05, 4.69) is 9.71 Å². The summed E-state index contributed by atoms with van der Waals surface area (Å²) in [6.45, 7) is 0. The number of benzene rings is 1. The first-order valence-electron chi connectivity index (χ1n) is 4.37. The number of sulfonamides is 1. The minimum absolute atomic E-state index is 0.0578. The van der Waals surface area contributed by atoms with Crippen LogP contribution in [-0.4, -0.2) is 13.4 Å². The van der Waals surface area contributed by atoms with Crippen molar-refractivity contribution in [3.8, 4) is 0 Å². The lowest BCUT2D eigenvalue weighted by Gasteiger charge is -2.05. The normalized spacial score (nSPS) is 11.4. The lowest BCUT2D eigenvalue weighted by molar-refractivity contribution is 0.603. The van der Waals surface area contributed by atoms with Gasteiger partial charge in [-0.25, -0.2) is 13.4 Å². The Bertz CT molecular complexity index is 640. The molecule has 8 heteroatoms. The van der Waals surface area contributed by atoms with Crippen molar-refractivity contribution in [3.05, 3.63) is 40.0 Å². The highest BCUT2D eigenvalue weighted by atomic mass is 35.5. The molecule has 0 bridgehead atoms. The Morgan fingerprint density at radius 2 is 2.06 bits per heavy atom. The number of anilines is 1. The van der Waals surface area contributed by atoms with Gasteiger partial charge in [-0.15, -0.1) is 0 Å². The van der Waals surface area contributed by atoms with Gasteiger partial charge in [-0.3, -0.25) is 4.72 Å². The van der Waals surface area contributed by atoms with Crippen LogP contribution in [0.1, 0.15) is 0 Å². The number of halogens is 2.